The maximum atomic E-state index is 11.5. The van der Waals surface area contributed by atoms with Crippen molar-refractivity contribution in [2.45, 2.75) is 25.8 Å². The second-order valence-electron chi connectivity index (χ2n) is 4.32. The van der Waals surface area contributed by atoms with Gasteiger partial charge >= 0.3 is 0 Å². The minimum Gasteiger partial charge on any atom is -0.311 e. The average Bonchev–Trinajstić information content (AvgIpc) is 2.99. The number of carbonyl (C=O) groups excluding carboxylic acids is 1. The summed E-state index contributed by atoms with van der Waals surface area (Å²) in [5.41, 5.74) is 0. The van der Waals surface area contributed by atoms with Crippen molar-refractivity contribution in [2.24, 2.45) is 5.92 Å². The molecule has 1 heterocycles. The van der Waals surface area contributed by atoms with Crippen molar-refractivity contribution in [3.05, 3.63) is 12.3 Å². The number of hydrogen-bond donors (Lipinski definition) is 2. The van der Waals surface area contributed by atoms with Gasteiger partial charge in [0.1, 0.15) is 5.82 Å². The Morgan fingerprint density at radius 1 is 1.65 bits per heavy atom. The maximum absolute atomic E-state index is 11.5. The summed E-state index contributed by atoms with van der Waals surface area (Å²) in [6.07, 6.45) is 4.27. The predicted octanol–water partition coefficient (Wildman–Crippen LogP) is 1.43. The van der Waals surface area contributed by atoms with Gasteiger partial charge in [0.25, 0.3) is 0 Å². The lowest BCUT2D eigenvalue weighted by Gasteiger charge is -2.15. The Hall–Kier alpha value is -1.07. The Bertz CT molecular complexity index is 375. The largest absolute Gasteiger partial charge is 0.311 e. The standard InChI is InChI=1S/C11H18N4O.ClH/c1-8(9-3-4-9)15-10(5-6-13-15)14-11(16)7-12-2;/h5-6,8-9,12H,3-4,7H2,1-2H3,(H,14,16);1H. The highest BCUT2D eigenvalue weighted by Crippen LogP contribution is 2.40. The first-order chi connectivity index (χ1) is 7.72. The predicted molar refractivity (Wildman–Crippen MR) is 69.5 cm³/mol. The van der Waals surface area contributed by atoms with Gasteiger partial charge in [-0.1, -0.05) is 0 Å². The highest BCUT2D eigenvalue weighted by atomic mass is 35.5. The van der Waals surface area contributed by atoms with E-state index in [0.717, 1.165) is 11.7 Å². The Kier molecular flexibility index (Phi) is 4.96. The van der Waals surface area contributed by atoms with Crippen molar-refractivity contribution in [1.29, 1.82) is 0 Å². The number of anilines is 1. The van der Waals surface area contributed by atoms with E-state index in [1.165, 1.54) is 12.8 Å². The van der Waals surface area contributed by atoms with E-state index in [2.05, 4.69) is 22.7 Å². The van der Waals surface area contributed by atoms with Crippen LogP contribution in [0.5, 0.6) is 0 Å². The van der Waals surface area contributed by atoms with Crippen molar-refractivity contribution in [1.82, 2.24) is 15.1 Å². The number of nitrogens with zero attached hydrogens (tertiary/aromatic N) is 2. The molecule has 1 atom stereocenters. The van der Waals surface area contributed by atoms with Crippen LogP contribution in [-0.4, -0.2) is 29.3 Å². The fourth-order valence-corrected chi connectivity index (χ4v) is 1.86. The van der Waals surface area contributed by atoms with E-state index < -0.39 is 0 Å². The molecule has 0 aromatic carbocycles. The number of aromatic nitrogens is 2. The van der Waals surface area contributed by atoms with Crippen LogP contribution in [0.25, 0.3) is 0 Å². The monoisotopic (exact) mass is 258 g/mol. The topological polar surface area (TPSA) is 59.0 Å². The first-order valence-corrected chi connectivity index (χ1v) is 5.70. The third-order valence-corrected chi connectivity index (χ3v) is 2.97. The van der Waals surface area contributed by atoms with Gasteiger partial charge in [-0.25, -0.2) is 4.68 Å². The molecule has 2 N–H and O–H groups in total. The summed E-state index contributed by atoms with van der Waals surface area (Å²) in [6, 6.07) is 2.21. The normalized spacial score (nSPS) is 16.1. The molecule has 5 nitrogen and oxygen atoms in total. The van der Waals surface area contributed by atoms with Crippen molar-refractivity contribution >= 4 is 24.1 Å². The van der Waals surface area contributed by atoms with Crippen molar-refractivity contribution in [3.8, 4) is 0 Å². The molecule has 0 radical (unpaired) electrons. The molecule has 1 amide bonds. The van der Waals surface area contributed by atoms with Crippen LogP contribution >= 0.6 is 12.4 Å². The molecule has 2 rings (SSSR count). The lowest BCUT2D eigenvalue weighted by atomic mass is 10.2. The zero-order chi connectivity index (χ0) is 11.5. The van der Waals surface area contributed by atoms with E-state index in [0.29, 0.717) is 12.6 Å². The van der Waals surface area contributed by atoms with Crippen LogP contribution in [-0.2, 0) is 4.79 Å². The fraction of sp³-hybridized carbons (Fsp3) is 0.636. The smallest absolute Gasteiger partial charge is 0.239 e. The number of hydrogen-bond acceptors (Lipinski definition) is 3. The number of rotatable bonds is 5. The molecule has 1 aromatic rings. The average molecular weight is 259 g/mol. The van der Waals surface area contributed by atoms with Crippen LogP contribution < -0.4 is 10.6 Å². The minimum atomic E-state index is -0.0350. The summed E-state index contributed by atoms with van der Waals surface area (Å²) in [4.78, 5) is 11.5. The lowest BCUT2D eigenvalue weighted by Crippen LogP contribution is -2.27. The van der Waals surface area contributed by atoms with Gasteiger partial charge in [-0.15, -0.1) is 12.4 Å². The Morgan fingerprint density at radius 3 is 2.94 bits per heavy atom. The van der Waals surface area contributed by atoms with E-state index in [1.807, 2.05) is 10.7 Å². The zero-order valence-corrected chi connectivity index (χ0v) is 11.0. The quantitative estimate of drug-likeness (QED) is 0.840. The van der Waals surface area contributed by atoms with Gasteiger partial charge < -0.3 is 10.6 Å². The Balaban J connectivity index is 0.00000144. The lowest BCUT2D eigenvalue weighted by molar-refractivity contribution is -0.115. The number of nitrogens with one attached hydrogen (secondary N) is 2. The van der Waals surface area contributed by atoms with Gasteiger partial charge in [-0.2, -0.15) is 5.10 Å². The Labute approximate surface area is 107 Å². The van der Waals surface area contributed by atoms with Gasteiger partial charge in [-0.05, 0) is 32.7 Å². The van der Waals surface area contributed by atoms with E-state index in [9.17, 15) is 4.79 Å². The van der Waals surface area contributed by atoms with Crippen molar-refractivity contribution in [2.75, 3.05) is 18.9 Å². The van der Waals surface area contributed by atoms with E-state index in [1.54, 1.807) is 13.2 Å². The molecule has 0 saturated heterocycles. The molecule has 1 saturated carbocycles. The third kappa shape index (κ3) is 3.44. The molecule has 1 unspecified atom stereocenters. The molecule has 0 spiro atoms. The van der Waals surface area contributed by atoms with Crippen LogP contribution in [0.4, 0.5) is 5.82 Å². The summed E-state index contributed by atoms with van der Waals surface area (Å²) in [6.45, 7) is 2.47. The second-order valence-corrected chi connectivity index (χ2v) is 4.32. The van der Waals surface area contributed by atoms with Crippen LogP contribution in [0.15, 0.2) is 12.3 Å². The minimum absolute atomic E-state index is 0. The molecule has 6 heteroatoms. The van der Waals surface area contributed by atoms with Crippen LogP contribution in [0.1, 0.15) is 25.8 Å². The number of likely N-dealkylation sites (N-methyl/N-ethyl adjacent to an activating group) is 1. The third-order valence-electron chi connectivity index (χ3n) is 2.97. The summed E-state index contributed by atoms with van der Waals surface area (Å²) in [5.74, 6) is 1.48. The second kappa shape index (κ2) is 6.02. The Morgan fingerprint density at radius 2 is 2.35 bits per heavy atom. The summed E-state index contributed by atoms with van der Waals surface area (Å²) in [7, 11) is 1.75. The van der Waals surface area contributed by atoms with Crippen molar-refractivity contribution < 1.29 is 4.79 Å². The molecule has 0 aliphatic heterocycles. The van der Waals surface area contributed by atoms with E-state index in [-0.39, 0.29) is 18.3 Å². The number of carbonyl (C=O) groups is 1. The molecule has 1 fully saturated rings. The SMILES string of the molecule is CNCC(=O)Nc1ccnn1C(C)C1CC1.Cl. The molecule has 17 heavy (non-hydrogen) atoms. The molecule has 1 aliphatic rings. The van der Waals surface area contributed by atoms with Gasteiger partial charge in [0.05, 0.1) is 18.8 Å². The maximum Gasteiger partial charge on any atom is 0.239 e. The molecule has 1 aliphatic carbocycles. The molecular weight excluding hydrogens is 240 g/mol. The number of amides is 1. The van der Waals surface area contributed by atoms with Crippen LogP contribution in [0.3, 0.4) is 0 Å². The summed E-state index contributed by atoms with van der Waals surface area (Å²) < 4.78 is 1.91. The molecular formula is C11H19ClN4O. The van der Waals surface area contributed by atoms with Crippen LogP contribution in [0, 0.1) is 5.92 Å². The summed E-state index contributed by atoms with van der Waals surface area (Å²) >= 11 is 0. The van der Waals surface area contributed by atoms with Gasteiger partial charge in [0.15, 0.2) is 0 Å². The van der Waals surface area contributed by atoms with Gasteiger partial charge in [0, 0.05) is 6.07 Å². The molecule has 0 bridgehead atoms. The first-order valence-electron chi connectivity index (χ1n) is 5.70. The highest BCUT2D eigenvalue weighted by Gasteiger charge is 2.30. The highest BCUT2D eigenvalue weighted by molar-refractivity contribution is 5.91. The first kappa shape index (κ1) is 14.0. The fourth-order valence-electron chi connectivity index (χ4n) is 1.86. The zero-order valence-electron chi connectivity index (χ0n) is 10.1. The van der Waals surface area contributed by atoms with Crippen LogP contribution in [0.2, 0.25) is 0 Å². The van der Waals surface area contributed by atoms with E-state index in [4.69, 9.17) is 0 Å². The number of halogens is 1. The van der Waals surface area contributed by atoms with E-state index >= 15 is 0 Å². The molecule has 1 aromatic heterocycles. The molecule has 96 valence electrons. The van der Waals surface area contributed by atoms with Gasteiger partial charge in [-0.3, -0.25) is 4.79 Å². The van der Waals surface area contributed by atoms with Crippen molar-refractivity contribution in [3.63, 3.8) is 0 Å². The van der Waals surface area contributed by atoms with Gasteiger partial charge in [0.2, 0.25) is 5.91 Å². The summed E-state index contributed by atoms with van der Waals surface area (Å²) in [5, 5.41) is 9.95.